The summed E-state index contributed by atoms with van der Waals surface area (Å²) in [6.45, 7) is 8.61. The number of cyclic esters (lactones) is 1. The summed E-state index contributed by atoms with van der Waals surface area (Å²) in [5.74, 6) is -3.13. The summed E-state index contributed by atoms with van der Waals surface area (Å²) in [6, 6.07) is -1.60. The van der Waals surface area contributed by atoms with Crippen LogP contribution in [-0.4, -0.2) is 94.7 Å². The van der Waals surface area contributed by atoms with Crippen LogP contribution in [0.1, 0.15) is 66.2 Å². The van der Waals surface area contributed by atoms with E-state index in [0.29, 0.717) is 25.9 Å². The van der Waals surface area contributed by atoms with Gasteiger partial charge in [0.15, 0.2) is 0 Å². The number of carbonyl (C=O) groups excluding carboxylic acids is 4. The molecule has 0 radical (unpaired) electrons. The third kappa shape index (κ3) is 5.84. The van der Waals surface area contributed by atoms with Crippen LogP contribution < -0.4 is 5.32 Å². The van der Waals surface area contributed by atoms with Gasteiger partial charge >= 0.3 is 5.97 Å². The zero-order valence-electron chi connectivity index (χ0n) is 24.2. The van der Waals surface area contributed by atoms with Gasteiger partial charge in [-0.05, 0) is 32.1 Å². The van der Waals surface area contributed by atoms with E-state index in [-0.39, 0.29) is 43.2 Å². The average molecular weight is 560 g/mol. The SMILES string of the molecule is CCCCCN1CC=C[C@@]23O[C@H]4/C=C\CCC(=O)NC[C@H](C)OC(=O)[C@H]4[C@@H]2C(=O)N([C@@H](CO)CC(C)C)[C@H]3C1=O. The Balaban J connectivity index is 1.79. The Labute approximate surface area is 237 Å². The lowest BCUT2D eigenvalue weighted by Crippen LogP contribution is -2.58. The Hall–Kier alpha value is -2.72. The molecule has 2 saturated heterocycles. The van der Waals surface area contributed by atoms with Gasteiger partial charge in [-0.25, -0.2) is 0 Å². The number of nitrogens with one attached hydrogen (secondary N) is 1. The zero-order chi connectivity index (χ0) is 29.0. The third-order valence-corrected chi connectivity index (χ3v) is 8.43. The molecule has 0 unspecified atom stereocenters. The number of likely N-dealkylation sites (tertiary alicyclic amines) is 1. The van der Waals surface area contributed by atoms with Crippen molar-refractivity contribution in [1.29, 1.82) is 0 Å². The van der Waals surface area contributed by atoms with E-state index >= 15 is 0 Å². The van der Waals surface area contributed by atoms with E-state index in [2.05, 4.69) is 12.2 Å². The molecular formula is C30H45N3O7. The maximum atomic E-state index is 14.4. The van der Waals surface area contributed by atoms with Crippen LogP contribution in [0.3, 0.4) is 0 Å². The Bertz CT molecular complexity index is 1030. The van der Waals surface area contributed by atoms with Crippen molar-refractivity contribution >= 4 is 23.7 Å². The fourth-order valence-electron chi connectivity index (χ4n) is 6.62. The third-order valence-electron chi connectivity index (χ3n) is 8.43. The predicted octanol–water partition coefficient (Wildman–Crippen LogP) is 1.96. The van der Waals surface area contributed by atoms with Crippen LogP contribution in [0, 0.1) is 17.8 Å². The standard InChI is InChI=1S/C30H45N3O7/c1-5-6-9-14-32-15-10-13-30-25(27(36)33(26(30)28(32)37)21(18-34)16-19(2)3)24-22(40-30)11-7-8-12-23(35)31-17-20(4)39-29(24)38/h7,10-11,13,19-22,24-26,34H,5-6,8-9,12,14-18H2,1-4H3,(H,31,35)/b11-7-/t20-,21+,22-,24+,25+,26-,30+/m0/s1. The largest absolute Gasteiger partial charge is 0.460 e. The molecule has 7 atom stereocenters. The van der Waals surface area contributed by atoms with Crippen molar-refractivity contribution in [3.8, 4) is 0 Å². The van der Waals surface area contributed by atoms with Gasteiger partial charge in [-0.2, -0.15) is 0 Å². The summed E-state index contributed by atoms with van der Waals surface area (Å²) in [5.41, 5.74) is -1.38. The Morgan fingerprint density at radius 1 is 1.15 bits per heavy atom. The summed E-state index contributed by atoms with van der Waals surface area (Å²) < 4.78 is 12.4. The molecule has 10 nitrogen and oxygen atoms in total. The smallest absolute Gasteiger partial charge is 0.313 e. The topological polar surface area (TPSA) is 125 Å². The number of amides is 3. The zero-order valence-corrected chi connectivity index (χ0v) is 24.2. The van der Waals surface area contributed by atoms with Crippen molar-refractivity contribution in [2.24, 2.45) is 17.8 Å². The number of allylic oxidation sites excluding steroid dienone is 1. The summed E-state index contributed by atoms with van der Waals surface area (Å²) in [6.07, 6.45) is 9.85. The maximum Gasteiger partial charge on any atom is 0.313 e. The molecule has 0 bridgehead atoms. The second kappa shape index (κ2) is 12.9. The second-order valence-corrected chi connectivity index (χ2v) is 12.0. The highest BCUT2D eigenvalue weighted by Gasteiger charge is 2.72. The van der Waals surface area contributed by atoms with Crippen LogP contribution in [0.5, 0.6) is 0 Å². The van der Waals surface area contributed by atoms with Crippen LogP contribution in [-0.2, 0) is 28.7 Å². The minimum Gasteiger partial charge on any atom is -0.460 e. The number of ether oxygens (including phenoxy) is 2. The van der Waals surface area contributed by atoms with Crippen molar-refractivity contribution in [2.75, 3.05) is 26.2 Å². The van der Waals surface area contributed by atoms with Gasteiger partial charge in [0, 0.05) is 19.5 Å². The first-order valence-electron chi connectivity index (χ1n) is 14.9. The summed E-state index contributed by atoms with van der Waals surface area (Å²) in [4.78, 5) is 57.8. The first kappa shape index (κ1) is 30.2. The highest BCUT2D eigenvalue weighted by molar-refractivity contribution is 5.99. The van der Waals surface area contributed by atoms with E-state index in [1.165, 1.54) is 4.90 Å². The van der Waals surface area contributed by atoms with Crippen LogP contribution in [0.15, 0.2) is 24.3 Å². The molecule has 3 amide bonds. The lowest BCUT2D eigenvalue weighted by Gasteiger charge is -2.39. The fraction of sp³-hybridized carbons (Fsp3) is 0.733. The van der Waals surface area contributed by atoms with Crippen LogP contribution in [0.25, 0.3) is 0 Å². The first-order valence-corrected chi connectivity index (χ1v) is 14.9. The molecule has 4 rings (SSSR count). The van der Waals surface area contributed by atoms with Crippen LogP contribution in [0.2, 0.25) is 0 Å². The predicted molar refractivity (Wildman–Crippen MR) is 148 cm³/mol. The van der Waals surface area contributed by atoms with Crippen molar-refractivity contribution in [3.05, 3.63) is 24.3 Å². The number of rotatable bonds is 8. The molecule has 0 aromatic rings. The molecule has 222 valence electrons. The van der Waals surface area contributed by atoms with Gasteiger partial charge in [0.25, 0.3) is 0 Å². The van der Waals surface area contributed by atoms with Crippen molar-refractivity contribution < 1.29 is 33.8 Å². The molecule has 4 aliphatic heterocycles. The molecular weight excluding hydrogens is 514 g/mol. The van der Waals surface area contributed by atoms with E-state index in [1.54, 1.807) is 24.0 Å². The van der Waals surface area contributed by atoms with Gasteiger partial charge in [-0.15, -0.1) is 0 Å². The molecule has 4 heterocycles. The molecule has 40 heavy (non-hydrogen) atoms. The first-order chi connectivity index (χ1) is 19.1. The van der Waals surface area contributed by atoms with Gasteiger partial charge < -0.3 is 29.7 Å². The maximum absolute atomic E-state index is 14.4. The number of hydrogen-bond acceptors (Lipinski definition) is 7. The second-order valence-electron chi connectivity index (χ2n) is 12.0. The van der Waals surface area contributed by atoms with Crippen LogP contribution in [0.4, 0.5) is 0 Å². The molecule has 2 fully saturated rings. The number of unbranched alkanes of at least 4 members (excludes halogenated alkanes) is 2. The highest BCUT2D eigenvalue weighted by Crippen LogP contribution is 2.53. The molecule has 2 N–H and O–H groups in total. The van der Waals surface area contributed by atoms with Gasteiger partial charge in [0.05, 0.1) is 31.2 Å². The van der Waals surface area contributed by atoms with Crippen LogP contribution >= 0.6 is 0 Å². The minimum absolute atomic E-state index is 0.140. The van der Waals surface area contributed by atoms with Crippen molar-refractivity contribution in [1.82, 2.24) is 15.1 Å². The lowest BCUT2D eigenvalue weighted by molar-refractivity contribution is -0.159. The van der Waals surface area contributed by atoms with Crippen molar-refractivity contribution in [2.45, 2.75) is 96.1 Å². The number of esters is 1. The molecule has 0 saturated carbocycles. The Morgan fingerprint density at radius 2 is 1.93 bits per heavy atom. The Morgan fingerprint density at radius 3 is 2.62 bits per heavy atom. The van der Waals surface area contributed by atoms with Gasteiger partial charge in [-0.3, -0.25) is 19.2 Å². The van der Waals surface area contributed by atoms with Gasteiger partial charge in [-0.1, -0.05) is 57.9 Å². The lowest BCUT2D eigenvalue weighted by atomic mass is 9.78. The average Bonchev–Trinajstić information content (AvgIpc) is 3.30. The summed E-state index contributed by atoms with van der Waals surface area (Å²) in [7, 11) is 0. The molecule has 1 spiro atoms. The number of aliphatic hydroxyl groups excluding tert-OH is 1. The molecule has 0 aliphatic carbocycles. The summed E-state index contributed by atoms with van der Waals surface area (Å²) >= 11 is 0. The van der Waals surface area contributed by atoms with E-state index in [4.69, 9.17) is 9.47 Å². The van der Waals surface area contributed by atoms with E-state index < -0.39 is 47.7 Å². The summed E-state index contributed by atoms with van der Waals surface area (Å²) in [5, 5.41) is 13.2. The monoisotopic (exact) mass is 559 g/mol. The Kier molecular flexibility index (Phi) is 9.72. The van der Waals surface area contributed by atoms with Gasteiger partial charge in [0.2, 0.25) is 17.7 Å². The molecule has 4 aliphatic rings. The number of hydrogen-bond donors (Lipinski definition) is 2. The number of fused-ring (bicyclic) bond motifs is 2. The van der Waals surface area contributed by atoms with E-state index in [1.807, 2.05) is 26.0 Å². The normalized spacial score (nSPS) is 34.3. The van der Waals surface area contributed by atoms with Gasteiger partial charge in [0.1, 0.15) is 23.7 Å². The highest BCUT2D eigenvalue weighted by atomic mass is 16.6. The minimum atomic E-state index is -1.38. The molecule has 0 aromatic heterocycles. The van der Waals surface area contributed by atoms with E-state index in [9.17, 15) is 24.3 Å². The van der Waals surface area contributed by atoms with Crippen molar-refractivity contribution in [3.63, 3.8) is 0 Å². The number of nitrogens with zero attached hydrogens (tertiary/aromatic N) is 2. The molecule has 0 aromatic carbocycles. The number of aliphatic hydroxyl groups is 1. The van der Waals surface area contributed by atoms with E-state index in [0.717, 1.165) is 19.3 Å². The fourth-order valence-corrected chi connectivity index (χ4v) is 6.62. The number of carbonyl (C=O) groups is 4. The quantitative estimate of drug-likeness (QED) is 0.265. The molecule has 10 heteroatoms.